The summed E-state index contributed by atoms with van der Waals surface area (Å²) in [6, 6.07) is 14.6. The van der Waals surface area contributed by atoms with E-state index in [0.717, 1.165) is 23.3 Å². The number of carbonyl (C=O) groups excluding carboxylic acids is 1. The van der Waals surface area contributed by atoms with Crippen LogP contribution in [-0.2, 0) is 6.54 Å². The van der Waals surface area contributed by atoms with Crippen molar-refractivity contribution in [3.05, 3.63) is 94.4 Å². The fraction of sp³-hybridized carbons (Fsp3) is 0.259. The molecule has 174 valence electrons. The predicted molar refractivity (Wildman–Crippen MR) is 129 cm³/mol. The minimum Gasteiger partial charge on any atom is -0.346 e. The number of nitrogens with zero attached hydrogens (tertiary/aromatic N) is 2. The van der Waals surface area contributed by atoms with Crippen LogP contribution in [0.2, 0.25) is 5.02 Å². The number of nitrogens with one attached hydrogen (secondary N) is 1. The summed E-state index contributed by atoms with van der Waals surface area (Å²) < 4.78 is 29.7. The van der Waals surface area contributed by atoms with Gasteiger partial charge in [-0.05, 0) is 59.7 Å². The lowest BCUT2D eigenvalue weighted by molar-refractivity contribution is 0.0946. The summed E-state index contributed by atoms with van der Waals surface area (Å²) in [5.41, 5.74) is 4.03. The van der Waals surface area contributed by atoms with E-state index in [0.29, 0.717) is 11.6 Å². The summed E-state index contributed by atoms with van der Waals surface area (Å²) in [5, 5.41) is 2.49. The van der Waals surface area contributed by atoms with Crippen LogP contribution in [0.1, 0.15) is 59.6 Å². The Labute approximate surface area is 201 Å². The van der Waals surface area contributed by atoms with Crippen molar-refractivity contribution in [2.45, 2.75) is 44.6 Å². The van der Waals surface area contributed by atoms with Crippen LogP contribution in [-0.4, -0.2) is 15.3 Å². The lowest BCUT2D eigenvalue weighted by atomic mass is 9.84. The number of fused-ring (bicyclic) bond motifs is 1. The zero-order chi connectivity index (χ0) is 23.7. The van der Waals surface area contributed by atoms with E-state index >= 15 is 0 Å². The third kappa shape index (κ3) is 4.68. The molecule has 0 unspecified atom stereocenters. The highest BCUT2D eigenvalue weighted by Gasteiger charge is 2.17. The first-order valence-electron chi connectivity index (χ1n) is 11.5. The smallest absolute Gasteiger partial charge is 0.271 e. The number of halogens is 3. The van der Waals surface area contributed by atoms with Crippen LogP contribution in [0.25, 0.3) is 16.8 Å². The molecule has 1 fully saturated rings. The molecule has 1 aliphatic carbocycles. The van der Waals surface area contributed by atoms with Crippen molar-refractivity contribution in [2.24, 2.45) is 0 Å². The molecule has 4 nitrogen and oxygen atoms in total. The minimum absolute atomic E-state index is 0.0372. The van der Waals surface area contributed by atoms with E-state index in [2.05, 4.69) is 34.6 Å². The average molecular weight is 480 g/mol. The average Bonchev–Trinajstić information content (AvgIpc) is 3.27. The number of aromatic nitrogens is 2. The van der Waals surface area contributed by atoms with E-state index in [1.165, 1.54) is 37.7 Å². The second-order valence-electron chi connectivity index (χ2n) is 8.80. The third-order valence-corrected chi connectivity index (χ3v) is 6.75. The lowest BCUT2D eigenvalue weighted by Crippen LogP contribution is -2.24. The Bertz CT molecular complexity index is 1320. The van der Waals surface area contributed by atoms with Crippen LogP contribution < -0.4 is 5.32 Å². The number of carbonyl (C=O) groups is 1. The highest BCUT2D eigenvalue weighted by Crippen LogP contribution is 2.33. The molecule has 5 rings (SSSR count). The molecular weight excluding hydrogens is 456 g/mol. The Kier molecular flexibility index (Phi) is 6.33. The maximum absolute atomic E-state index is 14.0. The van der Waals surface area contributed by atoms with Crippen molar-refractivity contribution in [1.82, 2.24) is 14.7 Å². The molecule has 2 heterocycles. The molecule has 1 amide bonds. The maximum atomic E-state index is 14.0. The highest BCUT2D eigenvalue weighted by molar-refractivity contribution is 6.30. The Morgan fingerprint density at radius 1 is 0.971 bits per heavy atom. The summed E-state index contributed by atoms with van der Waals surface area (Å²) in [4.78, 5) is 16.9. The van der Waals surface area contributed by atoms with E-state index in [9.17, 15) is 13.6 Å². The standard InChI is InChI=1S/C27H24ClF2N3O/c28-21-12-23(29)22(24(30)13-21)14-31-27(34)25-16-33-15-20(10-11-26(33)32-25)19-8-6-18(7-9-19)17-4-2-1-3-5-17/h6-13,15-17H,1-5,14H2,(H,31,34). The molecule has 1 saturated carbocycles. The van der Waals surface area contributed by atoms with Crippen LogP contribution in [0.15, 0.2) is 60.9 Å². The van der Waals surface area contributed by atoms with Crippen molar-refractivity contribution < 1.29 is 13.6 Å². The first-order chi connectivity index (χ1) is 16.5. The van der Waals surface area contributed by atoms with E-state index in [1.54, 1.807) is 10.6 Å². The molecule has 7 heteroatoms. The largest absolute Gasteiger partial charge is 0.346 e. The van der Waals surface area contributed by atoms with Gasteiger partial charge in [-0.1, -0.05) is 55.1 Å². The fourth-order valence-corrected chi connectivity index (χ4v) is 4.85. The zero-order valence-corrected chi connectivity index (χ0v) is 19.3. The lowest BCUT2D eigenvalue weighted by Gasteiger charge is -2.22. The van der Waals surface area contributed by atoms with E-state index < -0.39 is 17.5 Å². The maximum Gasteiger partial charge on any atom is 0.271 e. The van der Waals surface area contributed by atoms with Gasteiger partial charge < -0.3 is 9.72 Å². The third-order valence-electron chi connectivity index (χ3n) is 6.54. The summed E-state index contributed by atoms with van der Waals surface area (Å²) in [7, 11) is 0. The normalized spacial score (nSPS) is 14.4. The van der Waals surface area contributed by atoms with Gasteiger partial charge in [0.15, 0.2) is 0 Å². The van der Waals surface area contributed by atoms with Crippen molar-refractivity contribution in [3.63, 3.8) is 0 Å². The summed E-state index contributed by atoms with van der Waals surface area (Å²) in [5.74, 6) is -1.47. The highest BCUT2D eigenvalue weighted by atomic mass is 35.5. The number of imidazole rings is 1. The van der Waals surface area contributed by atoms with Crippen LogP contribution >= 0.6 is 11.6 Å². The van der Waals surface area contributed by atoms with Gasteiger partial charge in [0.2, 0.25) is 0 Å². The Hall–Kier alpha value is -3.25. The van der Waals surface area contributed by atoms with E-state index in [1.807, 2.05) is 18.3 Å². The second kappa shape index (κ2) is 9.55. The van der Waals surface area contributed by atoms with Crippen molar-refractivity contribution >= 4 is 23.2 Å². The molecule has 0 bridgehead atoms. The molecule has 0 aliphatic heterocycles. The van der Waals surface area contributed by atoms with E-state index in [4.69, 9.17) is 11.6 Å². The topological polar surface area (TPSA) is 46.4 Å². The van der Waals surface area contributed by atoms with Gasteiger partial charge in [-0.3, -0.25) is 4.79 Å². The van der Waals surface area contributed by atoms with Crippen LogP contribution in [0.3, 0.4) is 0 Å². The monoisotopic (exact) mass is 479 g/mol. The molecule has 4 aromatic rings. The SMILES string of the molecule is O=C(NCc1c(F)cc(Cl)cc1F)c1cn2cc(-c3ccc(C4CCCCC4)cc3)ccc2n1. The molecule has 34 heavy (non-hydrogen) atoms. The van der Waals surface area contributed by atoms with Gasteiger partial charge in [-0.25, -0.2) is 13.8 Å². The van der Waals surface area contributed by atoms with Gasteiger partial charge in [0.1, 0.15) is 23.0 Å². The summed E-state index contributed by atoms with van der Waals surface area (Å²) in [6.45, 7) is -0.305. The Balaban J connectivity index is 1.31. The molecule has 1 N–H and O–H groups in total. The van der Waals surface area contributed by atoms with Crippen molar-refractivity contribution in [2.75, 3.05) is 0 Å². The summed E-state index contributed by atoms with van der Waals surface area (Å²) >= 11 is 5.65. The number of benzene rings is 2. The zero-order valence-electron chi connectivity index (χ0n) is 18.5. The van der Waals surface area contributed by atoms with Gasteiger partial charge in [0.05, 0.1) is 0 Å². The molecular formula is C27H24ClF2N3O. The summed E-state index contributed by atoms with van der Waals surface area (Å²) in [6.07, 6.45) is 10.0. The van der Waals surface area contributed by atoms with Crippen molar-refractivity contribution in [3.8, 4) is 11.1 Å². The predicted octanol–water partition coefficient (Wildman–Crippen LogP) is 6.91. The molecule has 2 aromatic heterocycles. The Morgan fingerprint density at radius 2 is 1.65 bits per heavy atom. The number of pyridine rings is 1. The Morgan fingerprint density at radius 3 is 2.35 bits per heavy atom. The molecule has 0 saturated heterocycles. The molecule has 2 aromatic carbocycles. The number of rotatable bonds is 5. The number of hydrogen-bond acceptors (Lipinski definition) is 2. The molecule has 0 radical (unpaired) electrons. The minimum atomic E-state index is -0.806. The van der Waals surface area contributed by atoms with Gasteiger partial charge in [-0.2, -0.15) is 0 Å². The fourth-order valence-electron chi connectivity index (χ4n) is 4.66. The van der Waals surface area contributed by atoms with Crippen LogP contribution in [0.5, 0.6) is 0 Å². The van der Waals surface area contributed by atoms with Gasteiger partial charge in [-0.15, -0.1) is 0 Å². The number of hydrogen-bond donors (Lipinski definition) is 1. The molecule has 0 spiro atoms. The van der Waals surface area contributed by atoms with Gasteiger partial charge in [0.25, 0.3) is 5.91 Å². The van der Waals surface area contributed by atoms with Gasteiger partial charge >= 0.3 is 0 Å². The second-order valence-corrected chi connectivity index (χ2v) is 9.23. The first kappa shape index (κ1) is 22.5. The van der Waals surface area contributed by atoms with E-state index in [-0.39, 0.29) is 22.8 Å². The van der Waals surface area contributed by atoms with Crippen molar-refractivity contribution in [1.29, 1.82) is 0 Å². The quantitative estimate of drug-likeness (QED) is 0.338. The molecule has 1 aliphatic rings. The number of amides is 1. The molecule has 0 atom stereocenters. The van der Waals surface area contributed by atoms with Crippen LogP contribution in [0, 0.1) is 11.6 Å². The van der Waals surface area contributed by atoms with Gasteiger partial charge in [0, 0.05) is 29.5 Å². The first-order valence-corrected chi connectivity index (χ1v) is 11.9. The van der Waals surface area contributed by atoms with Crippen LogP contribution in [0.4, 0.5) is 8.78 Å².